The predicted octanol–water partition coefficient (Wildman–Crippen LogP) is 2.03. The molecule has 1 aliphatic carbocycles. The molecule has 0 saturated carbocycles. The van der Waals surface area contributed by atoms with Gasteiger partial charge in [0, 0.05) is 12.3 Å². The molecule has 0 aromatic heterocycles. The maximum Gasteiger partial charge on any atom is 0.302 e. The van der Waals surface area contributed by atoms with Crippen LogP contribution in [0, 0.1) is 5.41 Å². The molecule has 3 heteroatoms. The Bertz CT molecular complexity index is 359. The summed E-state index contributed by atoms with van der Waals surface area (Å²) < 4.78 is 4.95. The zero-order chi connectivity index (χ0) is 11.6. The molecule has 0 fully saturated rings. The molecule has 3 nitrogen and oxygen atoms in total. The third kappa shape index (κ3) is 2.55. The van der Waals surface area contributed by atoms with Gasteiger partial charge in [-0.1, -0.05) is 19.9 Å². The average Bonchev–Trinajstić information content (AvgIpc) is 2.11. The summed E-state index contributed by atoms with van der Waals surface area (Å²) in [7, 11) is 0. The van der Waals surface area contributed by atoms with Crippen molar-refractivity contribution in [3.05, 3.63) is 23.3 Å². The summed E-state index contributed by atoms with van der Waals surface area (Å²) in [5, 5.41) is 0. The van der Waals surface area contributed by atoms with Gasteiger partial charge in [0.25, 0.3) is 0 Å². The van der Waals surface area contributed by atoms with E-state index in [-0.39, 0.29) is 23.8 Å². The van der Waals surface area contributed by atoms with Crippen molar-refractivity contribution in [3.63, 3.8) is 0 Å². The molecule has 0 amide bonds. The minimum absolute atomic E-state index is 0.00326. The summed E-state index contributed by atoms with van der Waals surface area (Å²) >= 11 is 0. The first kappa shape index (κ1) is 11.7. The minimum atomic E-state index is -0.326. The van der Waals surface area contributed by atoms with Gasteiger partial charge in [0.05, 0.1) is 0 Å². The lowest BCUT2D eigenvalue weighted by Gasteiger charge is -2.28. The van der Waals surface area contributed by atoms with E-state index in [2.05, 4.69) is 0 Å². The summed E-state index contributed by atoms with van der Waals surface area (Å²) in [6.07, 6.45) is 3.42. The van der Waals surface area contributed by atoms with Crippen LogP contribution in [0.25, 0.3) is 0 Å². The van der Waals surface area contributed by atoms with Gasteiger partial charge in [-0.2, -0.15) is 0 Å². The molecule has 0 aliphatic heterocycles. The highest BCUT2D eigenvalue weighted by atomic mass is 16.5. The third-order valence-corrected chi connectivity index (χ3v) is 2.67. The molecule has 1 rings (SSSR count). The Morgan fingerprint density at radius 2 is 2.07 bits per heavy atom. The van der Waals surface area contributed by atoms with E-state index >= 15 is 0 Å². The number of carbonyl (C=O) groups is 2. The van der Waals surface area contributed by atoms with Crippen LogP contribution in [0.3, 0.4) is 0 Å². The minimum Gasteiger partial charge on any atom is -0.461 e. The lowest BCUT2D eigenvalue weighted by Crippen LogP contribution is -2.24. The van der Waals surface area contributed by atoms with Crippen LogP contribution in [0.4, 0.5) is 0 Å². The van der Waals surface area contributed by atoms with Gasteiger partial charge in [-0.15, -0.1) is 0 Å². The van der Waals surface area contributed by atoms with Crippen LogP contribution in [-0.2, 0) is 14.3 Å². The Kier molecular flexibility index (Phi) is 3.12. The van der Waals surface area contributed by atoms with E-state index in [0.717, 1.165) is 5.57 Å². The van der Waals surface area contributed by atoms with Crippen molar-refractivity contribution in [1.82, 2.24) is 0 Å². The Labute approximate surface area is 89.8 Å². The molecule has 0 heterocycles. The molecule has 0 unspecified atom stereocenters. The molecule has 82 valence electrons. The van der Waals surface area contributed by atoms with Crippen LogP contribution in [-0.4, -0.2) is 18.4 Å². The van der Waals surface area contributed by atoms with Crippen LogP contribution in [0.1, 0.15) is 27.7 Å². The molecular formula is C12H16O3. The fourth-order valence-corrected chi connectivity index (χ4v) is 1.61. The molecule has 1 aliphatic rings. The van der Waals surface area contributed by atoms with Gasteiger partial charge in [0.2, 0.25) is 0 Å². The van der Waals surface area contributed by atoms with Gasteiger partial charge in [-0.05, 0) is 24.1 Å². The summed E-state index contributed by atoms with van der Waals surface area (Å²) in [5.41, 5.74) is 1.35. The number of hydrogen-bond donors (Lipinski definition) is 0. The van der Waals surface area contributed by atoms with Gasteiger partial charge in [0.15, 0.2) is 5.78 Å². The molecule has 0 atom stereocenters. The number of carbonyl (C=O) groups excluding carboxylic acids is 2. The predicted molar refractivity (Wildman–Crippen MR) is 57.3 cm³/mol. The third-order valence-electron chi connectivity index (χ3n) is 2.67. The Morgan fingerprint density at radius 3 is 2.60 bits per heavy atom. The van der Waals surface area contributed by atoms with Gasteiger partial charge >= 0.3 is 5.97 Å². The first-order valence-electron chi connectivity index (χ1n) is 4.92. The first-order valence-corrected chi connectivity index (χ1v) is 4.92. The quantitative estimate of drug-likeness (QED) is 0.652. The fraction of sp³-hybridized carbons (Fsp3) is 0.500. The van der Waals surface area contributed by atoms with Gasteiger partial charge in [0.1, 0.15) is 6.61 Å². The molecule has 0 N–H and O–H groups in total. The van der Waals surface area contributed by atoms with Crippen LogP contribution in [0.15, 0.2) is 23.3 Å². The smallest absolute Gasteiger partial charge is 0.302 e. The highest BCUT2D eigenvalue weighted by Crippen LogP contribution is 2.34. The Balaban J connectivity index is 2.94. The molecule has 0 spiro atoms. The van der Waals surface area contributed by atoms with Gasteiger partial charge < -0.3 is 4.74 Å². The number of hydrogen-bond acceptors (Lipinski definition) is 3. The largest absolute Gasteiger partial charge is 0.461 e. The lowest BCUT2D eigenvalue weighted by molar-refractivity contribution is -0.140. The molecule has 0 bridgehead atoms. The maximum atomic E-state index is 11.5. The topological polar surface area (TPSA) is 43.4 Å². The van der Waals surface area contributed by atoms with E-state index in [1.807, 2.05) is 19.9 Å². The van der Waals surface area contributed by atoms with Crippen molar-refractivity contribution >= 4 is 11.8 Å². The highest BCUT2D eigenvalue weighted by Gasteiger charge is 2.28. The van der Waals surface area contributed by atoms with E-state index in [1.54, 1.807) is 13.0 Å². The number of ketones is 1. The van der Waals surface area contributed by atoms with E-state index < -0.39 is 0 Å². The molecule has 0 aromatic carbocycles. The van der Waals surface area contributed by atoms with Crippen molar-refractivity contribution in [2.75, 3.05) is 6.61 Å². The van der Waals surface area contributed by atoms with Crippen LogP contribution in [0.2, 0.25) is 0 Å². The number of allylic oxidation sites excluding steroid dienone is 3. The Morgan fingerprint density at radius 1 is 1.47 bits per heavy atom. The monoisotopic (exact) mass is 208 g/mol. The fourth-order valence-electron chi connectivity index (χ4n) is 1.61. The van der Waals surface area contributed by atoms with Crippen molar-refractivity contribution in [3.8, 4) is 0 Å². The summed E-state index contributed by atoms with van der Waals surface area (Å²) in [4.78, 5) is 22.2. The standard InChI is InChI=1S/C12H16O3/c1-8-10(7-15-9(2)13)12(3,4)6-5-11(8)14/h5-6H,7H2,1-4H3. The second kappa shape index (κ2) is 4.01. The molecular weight excluding hydrogens is 192 g/mol. The van der Waals surface area contributed by atoms with Crippen molar-refractivity contribution in [2.45, 2.75) is 27.7 Å². The van der Waals surface area contributed by atoms with Crippen molar-refractivity contribution in [1.29, 1.82) is 0 Å². The molecule has 0 saturated heterocycles. The van der Waals surface area contributed by atoms with Gasteiger partial charge in [-0.25, -0.2) is 0 Å². The first-order chi connectivity index (χ1) is 6.84. The van der Waals surface area contributed by atoms with E-state index in [4.69, 9.17) is 4.74 Å². The normalized spacial score (nSPS) is 19.3. The summed E-state index contributed by atoms with van der Waals surface area (Å²) in [5.74, 6) is -0.329. The SMILES string of the molecule is CC(=O)OCC1=C(C)C(=O)C=CC1(C)C. The molecule has 0 aromatic rings. The number of rotatable bonds is 2. The van der Waals surface area contributed by atoms with Crippen molar-refractivity contribution < 1.29 is 14.3 Å². The van der Waals surface area contributed by atoms with Crippen LogP contribution >= 0.6 is 0 Å². The number of esters is 1. The summed E-state index contributed by atoms with van der Waals surface area (Å²) in [6.45, 7) is 7.33. The second-order valence-corrected chi connectivity index (χ2v) is 4.30. The van der Waals surface area contributed by atoms with Crippen molar-refractivity contribution in [2.24, 2.45) is 5.41 Å². The maximum absolute atomic E-state index is 11.5. The van der Waals surface area contributed by atoms with Crippen LogP contribution in [0.5, 0.6) is 0 Å². The zero-order valence-electron chi connectivity index (χ0n) is 9.59. The lowest BCUT2D eigenvalue weighted by atomic mass is 9.77. The van der Waals surface area contributed by atoms with E-state index in [0.29, 0.717) is 5.57 Å². The summed E-state index contributed by atoms with van der Waals surface area (Å²) in [6, 6.07) is 0. The van der Waals surface area contributed by atoms with Crippen LogP contribution < -0.4 is 0 Å². The number of ether oxygens (including phenoxy) is 1. The van der Waals surface area contributed by atoms with E-state index in [1.165, 1.54) is 6.92 Å². The van der Waals surface area contributed by atoms with E-state index in [9.17, 15) is 9.59 Å². The average molecular weight is 208 g/mol. The second-order valence-electron chi connectivity index (χ2n) is 4.30. The molecule has 15 heavy (non-hydrogen) atoms. The zero-order valence-corrected chi connectivity index (χ0v) is 9.59. The Hall–Kier alpha value is -1.38. The highest BCUT2D eigenvalue weighted by molar-refractivity contribution is 6.05. The van der Waals surface area contributed by atoms with Gasteiger partial charge in [-0.3, -0.25) is 9.59 Å². The molecule has 0 radical (unpaired) electrons.